The number of hydrogen-bond acceptors (Lipinski definition) is 2. The zero-order valence-electron chi connectivity index (χ0n) is 27.1. The molecule has 0 radical (unpaired) electrons. The first kappa shape index (κ1) is 28.3. The van der Waals surface area contributed by atoms with Gasteiger partial charge in [0.05, 0.1) is 22.1 Å². The van der Waals surface area contributed by atoms with E-state index >= 15 is 0 Å². The Morgan fingerprint density at radius 3 is 1.94 bits per heavy atom. The highest BCUT2D eigenvalue weighted by molar-refractivity contribution is 6.13. The van der Waals surface area contributed by atoms with Crippen molar-refractivity contribution in [1.29, 1.82) is 0 Å². The monoisotopic (exact) mass is 642 g/mol. The number of fused-ring (bicyclic) bond motifs is 9. The number of aromatic nitrogens is 2. The molecule has 0 spiro atoms. The summed E-state index contributed by atoms with van der Waals surface area (Å²) in [6.07, 6.45) is 0. The van der Waals surface area contributed by atoms with E-state index in [0.717, 1.165) is 60.9 Å². The molecule has 10 aromatic rings. The quantitative estimate of drug-likeness (QED) is 0.136. The number of furan rings is 1. The van der Waals surface area contributed by atoms with Gasteiger partial charge in [0, 0.05) is 43.6 Å². The summed E-state index contributed by atoms with van der Waals surface area (Å²) in [5, 5.41) is 7.04. The van der Waals surface area contributed by atoms with Gasteiger partial charge in [0.1, 0.15) is 17.8 Å². The molecule has 5 heteroatoms. The predicted molar refractivity (Wildman–Crippen MR) is 209 cm³/mol. The van der Waals surface area contributed by atoms with E-state index in [4.69, 9.17) is 9.41 Å². The van der Waals surface area contributed by atoms with Gasteiger partial charge in [-0.15, -0.1) is 0 Å². The zero-order chi connectivity index (χ0) is 33.2. The van der Waals surface area contributed by atoms with Crippen molar-refractivity contribution in [3.8, 4) is 16.8 Å². The maximum absolute atomic E-state index is 6.09. The van der Waals surface area contributed by atoms with Gasteiger partial charge < -0.3 is 13.6 Å². The van der Waals surface area contributed by atoms with Crippen LogP contribution in [0, 0.1) is 0 Å². The highest BCUT2D eigenvalue weighted by atomic mass is 16.3. The molecule has 236 valence electrons. The molecule has 0 saturated heterocycles. The van der Waals surface area contributed by atoms with Crippen LogP contribution in [0.3, 0.4) is 0 Å². The van der Waals surface area contributed by atoms with Crippen LogP contribution < -0.4 is 0 Å². The van der Waals surface area contributed by atoms with E-state index in [2.05, 4.69) is 160 Å². The molecule has 0 aliphatic carbocycles. The van der Waals surface area contributed by atoms with Gasteiger partial charge in [0.15, 0.2) is 5.84 Å². The number of aliphatic imine (C=N–C) groups is 2. The van der Waals surface area contributed by atoms with E-state index in [0.29, 0.717) is 12.5 Å². The Morgan fingerprint density at radius 1 is 0.500 bits per heavy atom. The Kier molecular flexibility index (Phi) is 6.33. The summed E-state index contributed by atoms with van der Waals surface area (Å²) >= 11 is 0. The minimum atomic E-state index is 0.407. The fourth-order valence-corrected chi connectivity index (χ4v) is 7.63. The lowest BCUT2D eigenvalue weighted by atomic mass is 10.0. The maximum atomic E-state index is 6.09. The molecule has 0 fully saturated rings. The second-order valence-electron chi connectivity index (χ2n) is 12.7. The summed E-state index contributed by atoms with van der Waals surface area (Å²) in [7, 11) is 0. The summed E-state index contributed by atoms with van der Waals surface area (Å²) in [6.45, 7) is 4.35. The average Bonchev–Trinajstić information content (AvgIpc) is 3.82. The van der Waals surface area contributed by atoms with E-state index in [1.54, 1.807) is 0 Å². The number of nitrogens with zero attached hydrogens (tertiary/aromatic N) is 4. The predicted octanol–water partition coefficient (Wildman–Crippen LogP) is 11.6. The van der Waals surface area contributed by atoms with Crippen molar-refractivity contribution in [2.24, 2.45) is 9.98 Å². The second-order valence-corrected chi connectivity index (χ2v) is 12.7. The van der Waals surface area contributed by atoms with E-state index in [-0.39, 0.29) is 0 Å². The van der Waals surface area contributed by atoms with Gasteiger partial charge in [-0.3, -0.25) is 0 Å². The van der Waals surface area contributed by atoms with E-state index in [9.17, 15) is 0 Å². The van der Waals surface area contributed by atoms with E-state index in [1.807, 2.05) is 18.2 Å². The largest absolute Gasteiger partial charge is 0.456 e. The van der Waals surface area contributed by atoms with Crippen LogP contribution in [0.2, 0.25) is 0 Å². The Hall–Kier alpha value is -6.72. The lowest BCUT2D eigenvalue weighted by molar-refractivity contribution is 0.669. The smallest absolute Gasteiger partial charge is 0.155 e. The average molecular weight is 643 g/mol. The first-order valence-corrected chi connectivity index (χ1v) is 16.8. The molecule has 3 aromatic heterocycles. The third-order valence-corrected chi connectivity index (χ3v) is 9.94. The standard InChI is InChI=1S/C45H30N4O/c1-46-45(31-19-22-35-33-13-6-9-17-41(33)49(42(35)27-31)32-11-3-2-4-12-32)47-28-48-39-16-8-5-14-34(39)37-25-29(20-23-40(37)48)30-21-24-44-38(26-30)36-15-7-10-18-43(36)50-44/h2-27H,1,28H2. The molecule has 0 bridgehead atoms. The summed E-state index contributed by atoms with van der Waals surface area (Å²) in [4.78, 5) is 9.53. The zero-order valence-corrected chi connectivity index (χ0v) is 27.1. The number of rotatable bonds is 5. The third-order valence-electron chi connectivity index (χ3n) is 9.94. The van der Waals surface area contributed by atoms with Gasteiger partial charge in [-0.05, 0) is 78.5 Å². The Morgan fingerprint density at radius 2 is 1.12 bits per heavy atom. The van der Waals surface area contributed by atoms with Crippen molar-refractivity contribution in [1.82, 2.24) is 9.13 Å². The second kappa shape index (κ2) is 11.2. The van der Waals surface area contributed by atoms with Crippen LogP contribution in [0.25, 0.3) is 82.4 Å². The van der Waals surface area contributed by atoms with Gasteiger partial charge in [-0.1, -0.05) is 97.1 Å². The molecular weight excluding hydrogens is 613 g/mol. The van der Waals surface area contributed by atoms with Crippen molar-refractivity contribution >= 4 is 78.1 Å². The molecule has 0 aliphatic rings. The normalized spacial score (nSPS) is 12.3. The number of para-hydroxylation sites is 4. The Bertz CT molecular complexity index is 2980. The summed E-state index contributed by atoms with van der Waals surface area (Å²) in [6, 6.07) is 55.4. The molecule has 50 heavy (non-hydrogen) atoms. The molecule has 0 saturated carbocycles. The fourth-order valence-electron chi connectivity index (χ4n) is 7.63. The van der Waals surface area contributed by atoms with Crippen LogP contribution in [0.1, 0.15) is 5.56 Å². The van der Waals surface area contributed by atoms with Crippen molar-refractivity contribution < 1.29 is 4.42 Å². The maximum Gasteiger partial charge on any atom is 0.155 e. The summed E-state index contributed by atoms with van der Waals surface area (Å²) in [5.74, 6) is 0.611. The van der Waals surface area contributed by atoms with Crippen molar-refractivity contribution in [3.63, 3.8) is 0 Å². The fraction of sp³-hybridized carbons (Fsp3) is 0.0222. The van der Waals surface area contributed by atoms with Crippen LogP contribution in [0.5, 0.6) is 0 Å². The van der Waals surface area contributed by atoms with Crippen LogP contribution in [-0.4, -0.2) is 21.7 Å². The van der Waals surface area contributed by atoms with Gasteiger partial charge in [-0.25, -0.2) is 9.98 Å². The molecule has 0 N–H and O–H groups in total. The summed E-state index contributed by atoms with van der Waals surface area (Å²) < 4.78 is 10.7. The SMILES string of the molecule is C=NC(=NCn1c2ccccc2c2cc(-c3ccc4oc5ccccc5c4c3)ccc21)c1ccc2c3ccccc3n(-c3ccccc3)c2c1. The number of hydrogen-bond donors (Lipinski definition) is 0. The molecule has 0 unspecified atom stereocenters. The Balaban J connectivity index is 1.07. The highest BCUT2D eigenvalue weighted by Gasteiger charge is 2.16. The van der Waals surface area contributed by atoms with Crippen molar-refractivity contribution in [3.05, 3.63) is 163 Å². The van der Waals surface area contributed by atoms with Crippen LogP contribution in [-0.2, 0) is 6.67 Å². The molecule has 0 amide bonds. The molecule has 10 rings (SSSR count). The first-order valence-electron chi connectivity index (χ1n) is 16.8. The third kappa shape index (κ3) is 4.34. The van der Waals surface area contributed by atoms with Gasteiger partial charge >= 0.3 is 0 Å². The minimum Gasteiger partial charge on any atom is -0.456 e. The minimum absolute atomic E-state index is 0.407. The highest BCUT2D eigenvalue weighted by Crippen LogP contribution is 2.37. The lowest BCUT2D eigenvalue weighted by Crippen LogP contribution is -2.02. The van der Waals surface area contributed by atoms with Crippen LogP contribution in [0.15, 0.2) is 172 Å². The molecule has 0 atom stereocenters. The topological polar surface area (TPSA) is 47.7 Å². The molecule has 7 aromatic carbocycles. The molecular formula is C45H30N4O. The van der Waals surface area contributed by atoms with Crippen molar-refractivity contribution in [2.45, 2.75) is 6.67 Å². The van der Waals surface area contributed by atoms with E-state index in [1.165, 1.54) is 27.1 Å². The van der Waals surface area contributed by atoms with Crippen molar-refractivity contribution in [2.75, 3.05) is 0 Å². The Labute approximate surface area is 287 Å². The molecule has 0 aliphatic heterocycles. The summed E-state index contributed by atoms with van der Waals surface area (Å²) in [5.41, 5.74) is 10.7. The lowest BCUT2D eigenvalue weighted by Gasteiger charge is -2.09. The molecule has 3 heterocycles. The number of benzene rings is 7. The van der Waals surface area contributed by atoms with Crippen LogP contribution in [0.4, 0.5) is 0 Å². The van der Waals surface area contributed by atoms with E-state index < -0.39 is 0 Å². The van der Waals surface area contributed by atoms with Gasteiger partial charge in [0.25, 0.3) is 0 Å². The van der Waals surface area contributed by atoms with Gasteiger partial charge in [-0.2, -0.15) is 0 Å². The van der Waals surface area contributed by atoms with Gasteiger partial charge in [0.2, 0.25) is 0 Å². The van der Waals surface area contributed by atoms with Crippen LogP contribution >= 0.6 is 0 Å². The number of amidine groups is 1. The molecule has 5 nitrogen and oxygen atoms in total. The first-order chi connectivity index (χ1) is 24.7.